The molecule has 0 aromatic carbocycles. The van der Waals surface area contributed by atoms with Gasteiger partial charge >= 0.3 is 0 Å². The molecule has 3 aliphatic carbocycles. The Morgan fingerprint density at radius 3 is 2.53 bits per heavy atom. The van der Waals surface area contributed by atoms with Crippen LogP contribution in [0.15, 0.2) is 15.2 Å². The lowest BCUT2D eigenvalue weighted by molar-refractivity contribution is 0.0417. The molecule has 3 rings (SSSR count). The van der Waals surface area contributed by atoms with Gasteiger partial charge in [-0.05, 0) is 43.1 Å². The summed E-state index contributed by atoms with van der Waals surface area (Å²) in [5, 5.41) is 22.7. The van der Waals surface area contributed by atoms with E-state index in [1.165, 1.54) is 0 Å². The molecule has 0 aromatic rings. The van der Waals surface area contributed by atoms with Crippen molar-refractivity contribution in [2.24, 2.45) is 28.8 Å². The van der Waals surface area contributed by atoms with Crippen LogP contribution >= 0.6 is 23.2 Å². The first-order valence-corrected chi connectivity index (χ1v) is 6.84. The van der Waals surface area contributed by atoms with Gasteiger partial charge in [0.1, 0.15) is 4.49 Å². The van der Waals surface area contributed by atoms with Gasteiger partial charge in [0.25, 0.3) is 0 Å². The van der Waals surface area contributed by atoms with Crippen molar-refractivity contribution in [1.29, 1.82) is 0 Å². The quantitative estimate of drug-likeness (QED) is 0.528. The van der Waals surface area contributed by atoms with Gasteiger partial charge in [-0.25, -0.2) is 0 Å². The van der Waals surface area contributed by atoms with Crippen molar-refractivity contribution in [2.75, 3.05) is 0 Å². The molecule has 0 aliphatic heterocycles. The van der Waals surface area contributed by atoms with Crippen LogP contribution in [0, 0.1) is 23.7 Å². The summed E-state index contributed by atoms with van der Waals surface area (Å²) in [6, 6.07) is 0. The molecule has 3 fully saturated rings. The van der Waals surface area contributed by atoms with E-state index in [9.17, 15) is 5.11 Å². The van der Waals surface area contributed by atoms with Crippen LogP contribution in [0.1, 0.15) is 25.7 Å². The van der Waals surface area contributed by atoms with Crippen molar-refractivity contribution < 1.29 is 10.3 Å². The van der Waals surface area contributed by atoms with E-state index < -0.39 is 0 Å². The van der Waals surface area contributed by atoms with Crippen molar-refractivity contribution in [3.8, 4) is 0 Å². The van der Waals surface area contributed by atoms with Gasteiger partial charge in [0.05, 0.1) is 11.8 Å². The number of nitrogens with zero attached hydrogens (tertiary/aromatic N) is 1. The Morgan fingerprint density at radius 2 is 1.88 bits per heavy atom. The van der Waals surface area contributed by atoms with Crippen molar-refractivity contribution in [1.82, 2.24) is 0 Å². The maximum absolute atomic E-state index is 10.2. The van der Waals surface area contributed by atoms with Gasteiger partial charge < -0.3 is 10.3 Å². The van der Waals surface area contributed by atoms with Crippen LogP contribution in [0.3, 0.4) is 0 Å². The highest BCUT2D eigenvalue weighted by atomic mass is 35.5. The smallest absolute Gasteiger partial charge is 0.106 e. The molecule has 3 saturated carbocycles. The van der Waals surface area contributed by atoms with E-state index in [4.69, 9.17) is 28.4 Å². The second-order valence-corrected chi connectivity index (χ2v) is 6.26. The molecular formula is C12H15Cl2NO2. The van der Waals surface area contributed by atoms with E-state index >= 15 is 0 Å². The van der Waals surface area contributed by atoms with Crippen LogP contribution in [0.2, 0.25) is 0 Å². The highest BCUT2D eigenvalue weighted by Gasteiger charge is 2.57. The molecule has 17 heavy (non-hydrogen) atoms. The number of rotatable bonds is 0. The number of hydrogen-bond acceptors (Lipinski definition) is 3. The predicted molar refractivity (Wildman–Crippen MR) is 66.4 cm³/mol. The van der Waals surface area contributed by atoms with Gasteiger partial charge in [-0.3, -0.25) is 0 Å². The van der Waals surface area contributed by atoms with Gasteiger partial charge in [-0.2, -0.15) is 0 Å². The van der Waals surface area contributed by atoms with Crippen LogP contribution in [-0.4, -0.2) is 22.1 Å². The molecule has 2 bridgehead atoms. The minimum Gasteiger partial charge on any atom is -0.411 e. The van der Waals surface area contributed by atoms with Crippen LogP contribution in [0.25, 0.3) is 0 Å². The number of fused-ring (bicyclic) bond motifs is 5. The van der Waals surface area contributed by atoms with Gasteiger partial charge in [0, 0.05) is 11.8 Å². The number of halogens is 2. The van der Waals surface area contributed by atoms with Crippen LogP contribution in [0.4, 0.5) is 0 Å². The zero-order valence-electron chi connectivity index (χ0n) is 9.31. The topological polar surface area (TPSA) is 52.8 Å². The van der Waals surface area contributed by atoms with E-state index in [1.807, 2.05) is 0 Å². The molecule has 94 valence electrons. The number of aliphatic hydroxyl groups excluding tert-OH is 1. The Bertz CT molecular complexity index is 403. The Hall–Kier alpha value is -0.250. The maximum atomic E-state index is 10.2. The fourth-order valence-corrected chi connectivity index (χ4v) is 4.81. The third kappa shape index (κ3) is 1.56. The first-order chi connectivity index (χ1) is 8.15. The van der Waals surface area contributed by atoms with Crippen LogP contribution in [-0.2, 0) is 0 Å². The number of aliphatic hydroxyl groups is 1. The Balaban J connectivity index is 2.05. The number of oxime groups is 1. The average molecular weight is 276 g/mol. The van der Waals surface area contributed by atoms with E-state index in [1.54, 1.807) is 0 Å². The van der Waals surface area contributed by atoms with Gasteiger partial charge in [-0.1, -0.05) is 28.4 Å². The van der Waals surface area contributed by atoms with Crippen molar-refractivity contribution in [2.45, 2.75) is 31.8 Å². The average Bonchev–Trinajstić information content (AvgIpc) is 2.86. The lowest BCUT2D eigenvalue weighted by Gasteiger charge is -2.38. The zero-order valence-corrected chi connectivity index (χ0v) is 10.8. The summed E-state index contributed by atoms with van der Waals surface area (Å²) in [6.45, 7) is 0. The van der Waals surface area contributed by atoms with E-state index in [0.717, 1.165) is 24.1 Å². The lowest BCUT2D eigenvalue weighted by atomic mass is 9.68. The highest BCUT2D eigenvalue weighted by Crippen LogP contribution is 2.61. The first kappa shape index (κ1) is 11.8. The molecule has 5 atom stereocenters. The molecule has 0 spiro atoms. The standard InChI is InChI=1S/C12H15Cl2NO2/c13-12(14)9-5-1-2-6(9)11-8(16)4-3-7(15-17)10(5)11/h5-6,8,10-11,16-17H,1-4H2/b15-7+. The number of allylic oxidation sites excluding steroid dienone is 1. The summed E-state index contributed by atoms with van der Waals surface area (Å²) in [5.74, 6) is 0.846. The summed E-state index contributed by atoms with van der Waals surface area (Å²) in [4.78, 5) is 0. The van der Waals surface area contributed by atoms with E-state index in [0.29, 0.717) is 17.3 Å². The Labute approximate surface area is 110 Å². The van der Waals surface area contributed by atoms with Crippen LogP contribution < -0.4 is 0 Å². The summed E-state index contributed by atoms with van der Waals surface area (Å²) in [6.07, 6.45) is 3.12. The largest absolute Gasteiger partial charge is 0.411 e. The van der Waals surface area contributed by atoms with E-state index in [2.05, 4.69) is 5.16 Å². The lowest BCUT2D eigenvalue weighted by Crippen LogP contribution is -2.41. The minimum absolute atomic E-state index is 0.144. The highest BCUT2D eigenvalue weighted by molar-refractivity contribution is 6.56. The molecule has 0 heterocycles. The fourth-order valence-electron chi connectivity index (χ4n) is 4.25. The molecule has 3 aliphatic rings. The number of hydrogen-bond donors (Lipinski definition) is 2. The van der Waals surface area contributed by atoms with Gasteiger partial charge in [0.2, 0.25) is 0 Å². The zero-order chi connectivity index (χ0) is 12.2. The van der Waals surface area contributed by atoms with Gasteiger partial charge in [-0.15, -0.1) is 0 Å². The summed E-state index contributed by atoms with van der Waals surface area (Å²) in [5.41, 5.74) is 1.91. The third-order valence-electron chi connectivity index (χ3n) is 4.77. The minimum atomic E-state index is -0.316. The molecule has 3 nitrogen and oxygen atoms in total. The second-order valence-electron chi connectivity index (χ2n) is 5.31. The summed E-state index contributed by atoms with van der Waals surface area (Å²) in [7, 11) is 0. The normalized spacial score (nSPS) is 46.4. The molecular weight excluding hydrogens is 261 g/mol. The molecule has 5 unspecified atom stereocenters. The Morgan fingerprint density at radius 1 is 1.18 bits per heavy atom. The molecule has 0 amide bonds. The Kier molecular flexibility index (Phi) is 2.88. The van der Waals surface area contributed by atoms with Gasteiger partial charge in [0.15, 0.2) is 0 Å². The second kappa shape index (κ2) is 4.15. The predicted octanol–water partition coefficient (Wildman–Crippen LogP) is 2.93. The van der Waals surface area contributed by atoms with Crippen molar-refractivity contribution in [3.63, 3.8) is 0 Å². The third-order valence-corrected chi connectivity index (χ3v) is 5.21. The first-order valence-electron chi connectivity index (χ1n) is 6.09. The van der Waals surface area contributed by atoms with E-state index in [-0.39, 0.29) is 29.8 Å². The maximum Gasteiger partial charge on any atom is 0.106 e. The molecule has 0 radical (unpaired) electrons. The monoisotopic (exact) mass is 275 g/mol. The molecule has 0 aromatic heterocycles. The summed E-state index contributed by atoms with van der Waals surface area (Å²) < 4.78 is 0.358. The SMILES string of the molecule is O/N=C1\CCC(O)C2C3CCC(C3=C(Cl)Cl)C12. The molecule has 5 heteroatoms. The van der Waals surface area contributed by atoms with Crippen LogP contribution in [0.5, 0.6) is 0 Å². The van der Waals surface area contributed by atoms with Crippen molar-refractivity contribution >= 4 is 28.9 Å². The molecule has 0 saturated heterocycles. The molecule has 2 N–H and O–H groups in total. The van der Waals surface area contributed by atoms with Crippen molar-refractivity contribution in [3.05, 3.63) is 10.1 Å². The summed E-state index contributed by atoms with van der Waals surface area (Å²) >= 11 is 12.0. The fraction of sp³-hybridized carbons (Fsp3) is 0.750.